The van der Waals surface area contributed by atoms with E-state index in [9.17, 15) is 0 Å². The predicted molar refractivity (Wildman–Crippen MR) is 84.8 cm³/mol. The van der Waals surface area contributed by atoms with Gasteiger partial charge in [-0.3, -0.25) is 4.68 Å². The van der Waals surface area contributed by atoms with Gasteiger partial charge in [-0.1, -0.05) is 26.2 Å². The van der Waals surface area contributed by atoms with Gasteiger partial charge in [-0.15, -0.1) is 0 Å². The molecule has 5 heteroatoms. The molecule has 2 rings (SSSR count). The number of hydrogen-bond acceptors (Lipinski definition) is 3. The SMILES string of the molecule is CCNC(c1c(Br)cnn1C)C1(OCC)CCCCC1. The number of nitrogens with one attached hydrogen (secondary N) is 1. The highest BCUT2D eigenvalue weighted by atomic mass is 79.9. The Labute approximate surface area is 130 Å². The summed E-state index contributed by atoms with van der Waals surface area (Å²) in [6.07, 6.45) is 7.93. The molecule has 1 aliphatic carbocycles. The van der Waals surface area contributed by atoms with Crippen molar-refractivity contribution in [1.82, 2.24) is 15.1 Å². The molecule has 1 fully saturated rings. The zero-order valence-electron chi connectivity index (χ0n) is 12.8. The fraction of sp³-hybridized carbons (Fsp3) is 0.800. The van der Waals surface area contributed by atoms with Crippen LogP contribution in [0.4, 0.5) is 0 Å². The standard InChI is InChI=1S/C15H26BrN3O/c1-4-17-14(13-12(16)11-18-19(13)3)15(20-5-2)9-7-6-8-10-15/h11,14,17H,4-10H2,1-3H3. The molecule has 1 heterocycles. The van der Waals surface area contributed by atoms with Crippen molar-refractivity contribution >= 4 is 15.9 Å². The third kappa shape index (κ3) is 3.10. The molecule has 1 atom stereocenters. The van der Waals surface area contributed by atoms with E-state index in [1.807, 2.05) is 17.9 Å². The van der Waals surface area contributed by atoms with Crippen molar-refractivity contribution in [2.45, 2.75) is 57.6 Å². The summed E-state index contributed by atoms with van der Waals surface area (Å²) in [4.78, 5) is 0. The molecule has 1 unspecified atom stereocenters. The van der Waals surface area contributed by atoms with Gasteiger partial charge < -0.3 is 10.1 Å². The Hall–Kier alpha value is -0.390. The van der Waals surface area contributed by atoms with Crippen molar-refractivity contribution in [2.24, 2.45) is 7.05 Å². The van der Waals surface area contributed by atoms with E-state index in [1.54, 1.807) is 0 Å². The lowest BCUT2D eigenvalue weighted by Crippen LogP contribution is -2.48. The van der Waals surface area contributed by atoms with Crippen molar-refractivity contribution in [3.05, 3.63) is 16.4 Å². The van der Waals surface area contributed by atoms with Crippen LogP contribution in [-0.2, 0) is 11.8 Å². The van der Waals surface area contributed by atoms with Gasteiger partial charge in [-0.25, -0.2) is 0 Å². The van der Waals surface area contributed by atoms with E-state index in [-0.39, 0.29) is 11.6 Å². The second-order valence-corrected chi connectivity index (χ2v) is 6.40. The quantitative estimate of drug-likeness (QED) is 0.857. The van der Waals surface area contributed by atoms with E-state index in [0.717, 1.165) is 30.5 Å². The summed E-state index contributed by atoms with van der Waals surface area (Å²) in [6.45, 7) is 5.94. The molecule has 1 N–H and O–H groups in total. The summed E-state index contributed by atoms with van der Waals surface area (Å²) in [5, 5.41) is 8.03. The normalized spacial score (nSPS) is 20.0. The Balaban J connectivity index is 2.38. The molecule has 0 radical (unpaired) electrons. The van der Waals surface area contributed by atoms with Gasteiger partial charge in [0.05, 0.1) is 28.0 Å². The van der Waals surface area contributed by atoms with Gasteiger partial charge in [0.1, 0.15) is 0 Å². The molecular formula is C15H26BrN3O. The molecule has 0 aromatic carbocycles. The van der Waals surface area contributed by atoms with E-state index >= 15 is 0 Å². The van der Waals surface area contributed by atoms with Crippen LogP contribution in [0, 0.1) is 0 Å². The third-order valence-corrected chi connectivity index (χ3v) is 4.89. The zero-order chi connectivity index (χ0) is 14.6. The maximum Gasteiger partial charge on any atom is 0.0891 e. The number of hydrogen-bond donors (Lipinski definition) is 1. The van der Waals surface area contributed by atoms with Gasteiger partial charge in [0.2, 0.25) is 0 Å². The minimum atomic E-state index is -0.0979. The molecule has 0 bridgehead atoms. The van der Waals surface area contributed by atoms with Crippen LogP contribution in [0.1, 0.15) is 57.7 Å². The fourth-order valence-corrected chi connectivity index (χ4v) is 4.01. The van der Waals surface area contributed by atoms with Gasteiger partial charge in [0.25, 0.3) is 0 Å². The minimum Gasteiger partial charge on any atom is -0.373 e. The second kappa shape index (κ2) is 7.05. The van der Waals surface area contributed by atoms with E-state index < -0.39 is 0 Å². The molecule has 114 valence electrons. The molecule has 20 heavy (non-hydrogen) atoms. The van der Waals surface area contributed by atoms with Crippen molar-refractivity contribution in [3.8, 4) is 0 Å². The first-order valence-electron chi connectivity index (χ1n) is 7.69. The number of ether oxygens (including phenoxy) is 1. The fourth-order valence-electron chi connectivity index (χ4n) is 3.43. The van der Waals surface area contributed by atoms with Crippen LogP contribution in [0.25, 0.3) is 0 Å². The first kappa shape index (κ1) is 16.0. The lowest BCUT2D eigenvalue weighted by molar-refractivity contribution is -0.0926. The number of aryl methyl sites for hydroxylation is 1. The molecule has 1 aliphatic rings. The summed E-state index contributed by atoms with van der Waals surface area (Å²) < 4.78 is 9.32. The molecule has 0 aliphatic heterocycles. The average Bonchev–Trinajstić information content (AvgIpc) is 2.77. The summed E-state index contributed by atoms with van der Waals surface area (Å²) >= 11 is 3.65. The van der Waals surface area contributed by atoms with Crippen LogP contribution in [0.2, 0.25) is 0 Å². The maximum absolute atomic E-state index is 6.29. The van der Waals surface area contributed by atoms with E-state index in [1.165, 1.54) is 25.0 Å². The summed E-state index contributed by atoms with van der Waals surface area (Å²) in [7, 11) is 2.01. The Morgan fingerprint density at radius 2 is 2.10 bits per heavy atom. The minimum absolute atomic E-state index is 0.0979. The molecule has 0 spiro atoms. The third-order valence-electron chi connectivity index (χ3n) is 4.28. The van der Waals surface area contributed by atoms with Gasteiger partial charge >= 0.3 is 0 Å². The van der Waals surface area contributed by atoms with Crippen LogP contribution in [0.5, 0.6) is 0 Å². The number of nitrogens with zero attached hydrogens (tertiary/aromatic N) is 2. The maximum atomic E-state index is 6.29. The highest BCUT2D eigenvalue weighted by Gasteiger charge is 2.43. The molecule has 0 saturated heterocycles. The highest BCUT2D eigenvalue weighted by molar-refractivity contribution is 9.10. The average molecular weight is 344 g/mol. The Morgan fingerprint density at radius 3 is 2.60 bits per heavy atom. The van der Waals surface area contributed by atoms with Crippen LogP contribution in [0.15, 0.2) is 10.7 Å². The molecular weight excluding hydrogens is 318 g/mol. The Morgan fingerprint density at radius 1 is 1.40 bits per heavy atom. The van der Waals surface area contributed by atoms with Crippen LogP contribution in [-0.4, -0.2) is 28.5 Å². The number of aromatic nitrogens is 2. The first-order valence-corrected chi connectivity index (χ1v) is 8.48. The number of halogens is 1. The second-order valence-electron chi connectivity index (χ2n) is 5.55. The van der Waals surface area contributed by atoms with E-state index in [4.69, 9.17) is 4.74 Å². The molecule has 0 amide bonds. The number of likely N-dealkylation sites (N-methyl/N-ethyl adjacent to an activating group) is 1. The molecule has 1 aromatic heterocycles. The summed E-state index contributed by atoms with van der Waals surface area (Å²) in [6, 6.07) is 0.189. The van der Waals surface area contributed by atoms with Gasteiger partial charge in [-0.2, -0.15) is 5.10 Å². The van der Waals surface area contributed by atoms with Gasteiger partial charge in [-0.05, 0) is 42.2 Å². The van der Waals surface area contributed by atoms with Crippen molar-refractivity contribution in [1.29, 1.82) is 0 Å². The van der Waals surface area contributed by atoms with Crippen molar-refractivity contribution in [3.63, 3.8) is 0 Å². The largest absolute Gasteiger partial charge is 0.373 e. The van der Waals surface area contributed by atoms with Crippen LogP contribution >= 0.6 is 15.9 Å². The van der Waals surface area contributed by atoms with Gasteiger partial charge in [0, 0.05) is 13.7 Å². The van der Waals surface area contributed by atoms with E-state index in [0.29, 0.717) is 0 Å². The molecule has 1 saturated carbocycles. The number of rotatable bonds is 6. The van der Waals surface area contributed by atoms with Crippen LogP contribution in [0.3, 0.4) is 0 Å². The van der Waals surface area contributed by atoms with Gasteiger partial charge in [0.15, 0.2) is 0 Å². The first-order chi connectivity index (χ1) is 9.64. The van der Waals surface area contributed by atoms with Crippen LogP contribution < -0.4 is 5.32 Å². The Bertz CT molecular complexity index is 402. The zero-order valence-corrected chi connectivity index (χ0v) is 14.4. The van der Waals surface area contributed by atoms with Crippen molar-refractivity contribution in [2.75, 3.05) is 13.2 Å². The highest BCUT2D eigenvalue weighted by Crippen LogP contribution is 2.43. The lowest BCUT2D eigenvalue weighted by atomic mass is 9.77. The molecule has 4 nitrogen and oxygen atoms in total. The Kier molecular flexibility index (Phi) is 5.64. The topological polar surface area (TPSA) is 39.1 Å². The summed E-state index contributed by atoms with van der Waals surface area (Å²) in [5.41, 5.74) is 1.10. The molecule has 1 aromatic rings. The van der Waals surface area contributed by atoms with E-state index in [2.05, 4.69) is 40.2 Å². The van der Waals surface area contributed by atoms with Crippen molar-refractivity contribution < 1.29 is 4.74 Å². The predicted octanol–water partition coefficient (Wildman–Crippen LogP) is 3.57. The lowest BCUT2D eigenvalue weighted by Gasteiger charge is -2.43. The summed E-state index contributed by atoms with van der Waals surface area (Å²) in [5.74, 6) is 0. The monoisotopic (exact) mass is 343 g/mol. The smallest absolute Gasteiger partial charge is 0.0891 e.